The molecule has 3 atom stereocenters. The van der Waals surface area contributed by atoms with Gasteiger partial charge in [0.1, 0.15) is 12.4 Å². The van der Waals surface area contributed by atoms with E-state index in [1.807, 2.05) is 11.8 Å². The molecule has 2 heterocycles. The lowest BCUT2D eigenvalue weighted by Crippen LogP contribution is -2.36. The van der Waals surface area contributed by atoms with E-state index in [9.17, 15) is 18.5 Å². The third-order valence-corrected chi connectivity index (χ3v) is 7.25. The molecule has 0 bridgehead atoms. The van der Waals surface area contributed by atoms with Crippen LogP contribution in [0, 0.1) is 0 Å². The van der Waals surface area contributed by atoms with E-state index in [4.69, 9.17) is 9.79 Å². The fraction of sp³-hybridized carbons (Fsp3) is 0.579. The van der Waals surface area contributed by atoms with Gasteiger partial charge in [-0.25, -0.2) is 13.8 Å². The molecule has 0 spiro atoms. The van der Waals surface area contributed by atoms with Gasteiger partial charge in [0.05, 0.1) is 12.1 Å². The van der Waals surface area contributed by atoms with Crippen molar-refractivity contribution in [2.75, 3.05) is 12.3 Å². The number of carbonyl (C=O) groups is 2. The van der Waals surface area contributed by atoms with Gasteiger partial charge in [0.15, 0.2) is 0 Å². The topological polar surface area (TPSA) is 137 Å². The minimum atomic E-state index is -4.75. The van der Waals surface area contributed by atoms with Gasteiger partial charge in [-0.2, -0.15) is 11.8 Å². The van der Waals surface area contributed by atoms with Crippen LogP contribution in [0.25, 0.3) is 0 Å². The number of thioether (sulfide) groups is 1. The molecule has 5 N–H and O–H groups in total. The molecule has 12 heteroatoms. The molecule has 3 amide bonds. The molecular formula is C19H27FN3O6PS. The van der Waals surface area contributed by atoms with Gasteiger partial charge in [-0.1, -0.05) is 12.5 Å². The van der Waals surface area contributed by atoms with E-state index in [-0.39, 0.29) is 35.3 Å². The Morgan fingerprint density at radius 2 is 2.13 bits per heavy atom. The van der Waals surface area contributed by atoms with Crippen LogP contribution >= 0.6 is 19.6 Å². The van der Waals surface area contributed by atoms with Crippen LogP contribution in [0.2, 0.25) is 0 Å². The Labute approximate surface area is 184 Å². The molecule has 172 valence electrons. The van der Waals surface area contributed by atoms with Crippen molar-refractivity contribution in [3.63, 3.8) is 0 Å². The average molecular weight is 475 g/mol. The molecule has 3 rings (SSSR count). The van der Waals surface area contributed by atoms with Crippen molar-refractivity contribution < 1.29 is 32.9 Å². The first-order valence-electron chi connectivity index (χ1n) is 10.1. The summed E-state index contributed by atoms with van der Waals surface area (Å²) in [6, 6.07) is 4.67. The highest BCUT2D eigenvalue weighted by molar-refractivity contribution is 8.00. The number of unbranched alkanes of at least 4 members (excludes halogenated alkanes) is 1. The van der Waals surface area contributed by atoms with Gasteiger partial charge in [-0.3, -0.25) is 14.6 Å². The molecule has 2 saturated heterocycles. The van der Waals surface area contributed by atoms with Crippen LogP contribution in [-0.4, -0.2) is 51.4 Å². The van der Waals surface area contributed by atoms with Gasteiger partial charge in [0, 0.05) is 29.5 Å². The van der Waals surface area contributed by atoms with Crippen LogP contribution in [0.1, 0.15) is 36.8 Å². The number of amides is 3. The second-order valence-electron chi connectivity index (χ2n) is 7.63. The molecule has 0 aromatic heterocycles. The molecule has 0 radical (unpaired) electrons. The minimum absolute atomic E-state index is 0.0489. The number of carbonyl (C=O) groups excluding carboxylic acids is 2. The van der Waals surface area contributed by atoms with Gasteiger partial charge in [0.25, 0.3) is 0 Å². The number of hydrogen-bond donors (Lipinski definition) is 5. The van der Waals surface area contributed by atoms with Crippen LogP contribution in [0.3, 0.4) is 0 Å². The predicted molar refractivity (Wildman–Crippen MR) is 115 cm³/mol. The number of rotatable bonds is 11. The largest absolute Gasteiger partial charge is 0.524 e. The molecule has 2 aliphatic rings. The van der Waals surface area contributed by atoms with E-state index in [1.54, 1.807) is 6.07 Å². The van der Waals surface area contributed by atoms with Crippen molar-refractivity contribution in [3.8, 4) is 5.75 Å². The van der Waals surface area contributed by atoms with E-state index in [1.165, 1.54) is 12.1 Å². The molecule has 9 nitrogen and oxygen atoms in total. The van der Waals surface area contributed by atoms with Crippen LogP contribution in [0.15, 0.2) is 18.2 Å². The number of phosphoric ester groups is 1. The van der Waals surface area contributed by atoms with Crippen molar-refractivity contribution in [3.05, 3.63) is 29.3 Å². The quantitative estimate of drug-likeness (QED) is 0.188. The summed E-state index contributed by atoms with van der Waals surface area (Å²) in [5, 5.41) is 9.09. The summed E-state index contributed by atoms with van der Waals surface area (Å²) < 4.78 is 28.5. The maximum atomic E-state index is 13.1. The van der Waals surface area contributed by atoms with E-state index in [0.717, 1.165) is 30.6 Å². The van der Waals surface area contributed by atoms with Crippen molar-refractivity contribution in [1.29, 1.82) is 0 Å². The van der Waals surface area contributed by atoms with Crippen molar-refractivity contribution in [2.24, 2.45) is 0 Å². The summed E-state index contributed by atoms with van der Waals surface area (Å²) in [7, 11) is -4.75. The lowest BCUT2D eigenvalue weighted by Gasteiger charge is -2.16. The van der Waals surface area contributed by atoms with Crippen LogP contribution in [0.5, 0.6) is 5.75 Å². The first-order valence-corrected chi connectivity index (χ1v) is 12.7. The van der Waals surface area contributed by atoms with E-state index < -0.39 is 14.5 Å². The highest BCUT2D eigenvalue weighted by Gasteiger charge is 2.42. The summed E-state index contributed by atoms with van der Waals surface area (Å²) in [4.78, 5) is 41.2. The molecule has 2 aliphatic heterocycles. The Morgan fingerprint density at radius 1 is 1.32 bits per heavy atom. The minimum Gasteiger partial charge on any atom is -0.404 e. The molecular weight excluding hydrogens is 448 g/mol. The zero-order chi connectivity index (χ0) is 22.4. The van der Waals surface area contributed by atoms with Gasteiger partial charge in [0.2, 0.25) is 5.91 Å². The molecule has 3 unspecified atom stereocenters. The zero-order valence-electron chi connectivity index (χ0n) is 16.9. The van der Waals surface area contributed by atoms with E-state index in [2.05, 4.69) is 20.5 Å². The SMILES string of the molecule is O=C(CCCCC1SCC2NC(=O)NC21)NCCc1ccc(OP(=O)(O)O)c(CF)c1. The number of fused-ring (bicyclic) bond motifs is 1. The summed E-state index contributed by atoms with van der Waals surface area (Å²) in [6.45, 7) is -0.542. The highest BCUT2D eigenvalue weighted by atomic mass is 32.2. The first-order chi connectivity index (χ1) is 14.7. The Morgan fingerprint density at radius 3 is 2.87 bits per heavy atom. The number of nitrogens with one attached hydrogen (secondary N) is 3. The number of alkyl halides is 1. The summed E-state index contributed by atoms with van der Waals surface area (Å²) in [5.41, 5.74) is 0.777. The molecule has 1 aromatic carbocycles. The number of urea groups is 1. The van der Waals surface area contributed by atoms with Crippen LogP contribution in [0.4, 0.5) is 9.18 Å². The van der Waals surface area contributed by atoms with Gasteiger partial charge in [-0.05, 0) is 37.0 Å². The van der Waals surface area contributed by atoms with Gasteiger partial charge < -0.3 is 20.5 Å². The molecule has 2 fully saturated rings. The fourth-order valence-electron chi connectivity index (χ4n) is 3.82. The van der Waals surface area contributed by atoms with Crippen molar-refractivity contribution in [1.82, 2.24) is 16.0 Å². The van der Waals surface area contributed by atoms with E-state index >= 15 is 0 Å². The number of halogens is 1. The molecule has 0 aliphatic carbocycles. The Hall–Kier alpha value is -1.81. The Balaban J connectivity index is 1.33. The second-order valence-corrected chi connectivity index (χ2v) is 10.1. The van der Waals surface area contributed by atoms with Crippen molar-refractivity contribution in [2.45, 2.75) is 56.1 Å². The standard InChI is InChI=1S/C19H27FN3O6PS/c20-10-13-9-12(5-6-15(13)29-30(26,27)28)7-8-21-17(24)4-2-1-3-16-18-14(11-31-16)22-19(25)23-18/h5-6,9,14,16,18H,1-4,7-8,10-11H2,(H,21,24)(H2,22,23,25)(H2,26,27,28). The maximum absolute atomic E-state index is 13.1. The predicted octanol–water partition coefficient (Wildman–Crippen LogP) is 2.01. The third-order valence-electron chi connectivity index (χ3n) is 5.30. The average Bonchev–Trinajstić information content (AvgIpc) is 3.24. The number of hydrogen-bond acceptors (Lipinski definition) is 5. The monoisotopic (exact) mass is 475 g/mol. The fourth-order valence-corrected chi connectivity index (χ4v) is 5.80. The summed E-state index contributed by atoms with van der Waals surface area (Å²) in [5.74, 6) is 0.675. The Bertz CT molecular complexity index is 854. The smallest absolute Gasteiger partial charge is 0.404 e. The Kier molecular flexibility index (Phi) is 8.21. The molecule has 1 aromatic rings. The molecule has 0 saturated carbocycles. The van der Waals surface area contributed by atoms with Gasteiger partial charge >= 0.3 is 13.9 Å². The number of phosphoric acid groups is 1. The van der Waals surface area contributed by atoms with Crippen LogP contribution < -0.4 is 20.5 Å². The highest BCUT2D eigenvalue weighted by Crippen LogP contribution is 2.39. The third kappa shape index (κ3) is 7.10. The second kappa shape index (κ2) is 10.7. The van der Waals surface area contributed by atoms with Crippen molar-refractivity contribution >= 4 is 31.5 Å². The zero-order valence-corrected chi connectivity index (χ0v) is 18.6. The van der Waals surface area contributed by atoms with E-state index in [0.29, 0.717) is 24.6 Å². The maximum Gasteiger partial charge on any atom is 0.524 e. The first kappa shape index (κ1) is 23.8. The number of benzene rings is 1. The van der Waals surface area contributed by atoms with Gasteiger partial charge in [-0.15, -0.1) is 0 Å². The normalized spacial score (nSPS) is 22.5. The van der Waals surface area contributed by atoms with Crippen LogP contribution in [-0.2, 0) is 22.5 Å². The lowest BCUT2D eigenvalue weighted by molar-refractivity contribution is -0.121. The summed E-state index contributed by atoms with van der Waals surface area (Å²) >= 11 is 1.86. The lowest BCUT2D eigenvalue weighted by atomic mass is 10.0. The molecule has 31 heavy (non-hydrogen) atoms. The summed E-state index contributed by atoms with van der Waals surface area (Å²) in [6.07, 6.45) is 3.51.